The molecule has 0 spiro atoms. The van der Waals surface area contributed by atoms with E-state index in [2.05, 4.69) is 20.8 Å². The molecule has 0 aromatic rings. The monoisotopic (exact) mass is 170 g/mol. The van der Waals surface area contributed by atoms with Crippen LogP contribution >= 0.6 is 0 Å². The van der Waals surface area contributed by atoms with Gasteiger partial charge in [0.2, 0.25) is 0 Å². The van der Waals surface area contributed by atoms with Gasteiger partial charge >= 0.3 is 0 Å². The average molecular weight is 170 g/mol. The molecule has 0 saturated heterocycles. The number of rotatable bonds is 0. The zero-order valence-electron chi connectivity index (χ0n) is 8.04. The fraction of sp³-hybridized carbons (Fsp3) is 1.00. The Bertz CT molecular complexity index is 212. The highest BCUT2D eigenvalue weighted by atomic mass is 16.3. The molecular formula is C10H18O2. The summed E-state index contributed by atoms with van der Waals surface area (Å²) in [4.78, 5) is 0. The fourth-order valence-electron chi connectivity index (χ4n) is 3.26. The molecule has 0 radical (unpaired) electrons. The number of aliphatic hydroxyl groups excluding tert-OH is 2. The van der Waals surface area contributed by atoms with Crippen LogP contribution in [0.4, 0.5) is 0 Å². The van der Waals surface area contributed by atoms with Crippen LogP contribution < -0.4 is 0 Å². The summed E-state index contributed by atoms with van der Waals surface area (Å²) in [5.41, 5.74) is 0.0446. The van der Waals surface area contributed by atoms with E-state index in [0.717, 1.165) is 12.8 Å². The van der Waals surface area contributed by atoms with E-state index in [1.54, 1.807) is 0 Å². The van der Waals surface area contributed by atoms with Crippen LogP contribution in [0.2, 0.25) is 0 Å². The zero-order chi connectivity index (χ0) is 9.15. The third kappa shape index (κ3) is 0.686. The van der Waals surface area contributed by atoms with Gasteiger partial charge in [0.25, 0.3) is 0 Å². The molecule has 0 aliphatic heterocycles. The Morgan fingerprint density at radius 1 is 1.17 bits per heavy atom. The predicted molar refractivity (Wildman–Crippen MR) is 46.6 cm³/mol. The maximum Gasteiger partial charge on any atom is 0.0603 e. The Hall–Kier alpha value is -0.0800. The Balaban J connectivity index is 2.41. The van der Waals surface area contributed by atoms with Gasteiger partial charge in [-0.3, -0.25) is 0 Å². The van der Waals surface area contributed by atoms with Gasteiger partial charge in [0.1, 0.15) is 0 Å². The largest absolute Gasteiger partial charge is 0.393 e. The second kappa shape index (κ2) is 2.05. The standard InChI is InChI=1S/C10H18O2/c1-9(2)6-4-8(12)10(9,3)5-7(6)11/h6-8,11-12H,4-5H2,1-3H3. The van der Waals surface area contributed by atoms with E-state index in [1.165, 1.54) is 0 Å². The SMILES string of the molecule is CC1(C)C2CC(O)C1(C)CC2O. The van der Waals surface area contributed by atoms with Gasteiger partial charge in [0, 0.05) is 5.41 Å². The molecule has 2 heteroatoms. The van der Waals surface area contributed by atoms with E-state index in [1.807, 2.05) is 0 Å². The van der Waals surface area contributed by atoms with Gasteiger partial charge in [-0.05, 0) is 24.2 Å². The minimum atomic E-state index is -0.208. The molecule has 2 bridgehead atoms. The highest BCUT2D eigenvalue weighted by Gasteiger charge is 2.64. The molecule has 4 atom stereocenters. The van der Waals surface area contributed by atoms with Gasteiger partial charge in [-0.25, -0.2) is 0 Å². The van der Waals surface area contributed by atoms with Crippen molar-refractivity contribution in [3.05, 3.63) is 0 Å². The Morgan fingerprint density at radius 2 is 1.75 bits per heavy atom. The van der Waals surface area contributed by atoms with Crippen molar-refractivity contribution in [2.45, 2.75) is 45.8 Å². The molecule has 0 aromatic heterocycles. The lowest BCUT2D eigenvalue weighted by Crippen LogP contribution is -2.36. The molecule has 0 aromatic carbocycles. The van der Waals surface area contributed by atoms with Crippen LogP contribution in [0, 0.1) is 16.7 Å². The molecule has 2 aliphatic carbocycles. The lowest BCUT2D eigenvalue weighted by atomic mass is 9.70. The maximum absolute atomic E-state index is 9.82. The van der Waals surface area contributed by atoms with Gasteiger partial charge in [0.05, 0.1) is 12.2 Å². The van der Waals surface area contributed by atoms with E-state index < -0.39 is 0 Å². The van der Waals surface area contributed by atoms with Gasteiger partial charge < -0.3 is 10.2 Å². The van der Waals surface area contributed by atoms with Crippen molar-refractivity contribution in [1.29, 1.82) is 0 Å². The maximum atomic E-state index is 9.82. The quantitative estimate of drug-likeness (QED) is 0.573. The van der Waals surface area contributed by atoms with Gasteiger partial charge in [-0.1, -0.05) is 20.8 Å². The van der Waals surface area contributed by atoms with Crippen molar-refractivity contribution in [3.8, 4) is 0 Å². The van der Waals surface area contributed by atoms with Crippen LogP contribution in [0.3, 0.4) is 0 Å². The molecule has 70 valence electrons. The Morgan fingerprint density at radius 3 is 2.00 bits per heavy atom. The van der Waals surface area contributed by atoms with E-state index in [0.29, 0.717) is 5.92 Å². The van der Waals surface area contributed by atoms with Crippen LogP contribution in [0.25, 0.3) is 0 Å². The second-order valence-electron chi connectivity index (χ2n) is 5.27. The van der Waals surface area contributed by atoms with Crippen LogP contribution in [-0.4, -0.2) is 22.4 Å². The molecule has 2 rings (SSSR count). The molecular weight excluding hydrogens is 152 g/mol. The number of aliphatic hydroxyl groups is 2. The first-order valence-corrected chi connectivity index (χ1v) is 4.76. The van der Waals surface area contributed by atoms with E-state index in [4.69, 9.17) is 0 Å². The summed E-state index contributed by atoms with van der Waals surface area (Å²) in [6.07, 6.45) is 1.16. The van der Waals surface area contributed by atoms with Crippen molar-refractivity contribution in [2.24, 2.45) is 16.7 Å². The Kier molecular flexibility index (Phi) is 1.45. The van der Waals surface area contributed by atoms with Crippen molar-refractivity contribution < 1.29 is 10.2 Å². The average Bonchev–Trinajstić information content (AvgIpc) is 2.18. The second-order valence-corrected chi connectivity index (χ2v) is 5.27. The molecule has 0 heterocycles. The van der Waals surface area contributed by atoms with Crippen molar-refractivity contribution in [3.63, 3.8) is 0 Å². The van der Waals surface area contributed by atoms with Crippen molar-refractivity contribution >= 4 is 0 Å². The van der Waals surface area contributed by atoms with E-state index in [-0.39, 0.29) is 23.0 Å². The summed E-state index contributed by atoms with van der Waals surface area (Å²) in [6, 6.07) is 0. The van der Waals surface area contributed by atoms with Crippen molar-refractivity contribution in [2.75, 3.05) is 0 Å². The summed E-state index contributed by atoms with van der Waals surface area (Å²) in [7, 11) is 0. The van der Waals surface area contributed by atoms with Crippen molar-refractivity contribution in [1.82, 2.24) is 0 Å². The summed E-state index contributed by atoms with van der Waals surface area (Å²) >= 11 is 0. The van der Waals surface area contributed by atoms with E-state index in [9.17, 15) is 10.2 Å². The zero-order valence-corrected chi connectivity index (χ0v) is 8.04. The topological polar surface area (TPSA) is 40.5 Å². The normalized spacial score (nSPS) is 56.2. The fourth-order valence-corrected chi connectivity index (χ4v) is 3.26. The molecule has 2 nitrogen and oxygen atoms in total. The number of hydrogen-bond acceptors (Lipinski definition) is 2. The van der Waals surface area contributed by atoms with Gasteiger partial charge in [0.15, 0.2) is 0 Å². The Labute approximate surface area is 73.6 Å². The van der Waals surface area contributed by atoms with Gasteiger partial charge in [-0.2, -0.15) is 0 Å². The molecule has 0 amide bonds. The van der Waals surface area contributed by atoms with Crippen LogP contribution in [0.15, 0.2) is 0 Å². The highest BCUT2D eigenvalue weighted by molar-refractivity contribution is 5.13. The first kappa shape index (κ1) is 8.52. The number of hydrogen-bond donors (Lipinski definition) is 2. The summed E-state index contributed by atoms with van der Waals surface area (Å²) in [5, 5.41) is 19.5. The van der Waals surface area contributed by atoms with Crippen LogP contribution in [0.5, 0.6) is 0 Å². The molecule has 12 heavy (non-hydrogen) atoms. The van der Waals surface area contributed by atoms with Crippen LogP contribution in [-0.2, 0) is 0 Å². The van der Waals surface area contributed by atoms with Gasteiger partial charge in [-0.15, -0.1) is 0 Å². The molecule has 2 fully saturated rings. The first-order chi connectivity index (χ1) is 5.39. The molecule has 2 aliphatic rings. The lowest BCUT2D eigenvalue weighted by molar-refractivity contribution is -0.00727. The predicted octanol–water partition coefficient (Wildman–Crippen LogP) is 1.16. The smallest absolute Gasteiger partial charge is 0.0603 e. The molecule has 2 N–H and O–H groups in total. The third-order valence-corrected chi connectivity index (χ3v) is 4.71. The summed E-state index contributed by atoms with van der Waals surface area (Å²) in [6.45, 7) is 6.45. The highest BCUT2D eigenvalue weighted by Crippen LogP contribution is 2.65. The summed E-state index contributed by atoms with van der Waals surface area (Å²) < 4.78 is 0. The lowest BCUT2D eigenvalue weighted by Gasteiger charge is -2.36. The van der Waals surface area contributed by atoms with Crippen LogP contribution in [0.1, 0.15) is 33.6 Å². The molecule has 4 unspecified atom stereocenters. The molecule has 2 saturated carbocycles. The minimum absolute atomic E-state index is 0.0584. The number of fused-ring (bicyclic) bond motifs is 2. The minimum Gasteiger partial charge on any atom is -0.393 e. The summed E-state index contributed by atoms with van der Waals surface area (Å²) in [5.74, 6) is 0.303. The van der Waals surface area contributed by atoms with E-state index >= 15 is 0 Å². The first-order valence-electron chi connectivity index (χ1n) is 4.76. The third-order valence-electron chi connectivity index (χ3n) is 4.71.